The van der Waals surface area contributed by atoms with Gasteiger partial charge in [-0.3, -0.25) is 4.98 Å². The Morgan fingerprint density at radius 3 is 2.00 bits per heavy atom. The van der Waals surface area contributed by atoms with E-state index < -0.39 is 29.2 Å². The van der Waals surface area contributed by atoms with Crippen LogP contribution < -0.4 is 4.90 Å². The maximum Gasteiger partial charge on any atom is 0.425 e. The van der Waals surface area contributed by atoms with Gasteiger partial charge in [-0.15, -0.1) is 0 Å². The average Bonchev–Trinajstić information content (AvgIpc) is 2.59. The van der Waals surface area contributed by atoms with Gasteiger partial charge in [-0.05, 0) is 67.5 Å². The molecule has 0 saturated heterocycles. The Morgan fingerprint density at radius 1 is 0.969 bits per heavy atom. The van der Waals surface area contributed by atoms with Crippen molar-refractivity contribution in [3.63, 3.8) is 0 Å². The summed E-state index contributed by atoms with van der Waals surface area (Å²) in [5.41, 5.74) is 0.0328. The van der Waals surface area contributed by atoms with E-state index in [4.69, 9.17) is 9.47 Å². The molecular weight excluding hydrogens is 415 g/mol. The summed E-state index contributed by atoms with van der Waals surface area (Å²) in [5, 5.41) is 0. The lowest BCUT2D eigenvalue weighted by atomic mass is 10.2. The van der Waals surface area contributed by atoms with Crippen molar-refractivity contribution in [3.8, 4) is 11.3 Å². The number of amides is 2. The van der Waals surface area contributed by atoms with Gasteiger partial charge in [0.05, 0.1) is 18.1 Å². The molecule has 2 aromatic rings. The van der Waals surface area contributed by atoms with E-state index in [2.05, 4.69) is 15.0 Å². The van der Waals surface area contributed by atoms with Crippen LogP contribution >= 0.6 is 0 Å². The van der Waals surface area contributed by atoms with Crippen molar-refractivity contribution in [2.75, 3.05) is 4.90 Å². The molecule has 0 aromatic carbocycles. The maximum absolute atomic E-state index is 13.6. The highest BCUT2D eigenvalue weighted by Crippen LogP contribution is 2.27. The predicted octanol–water partition coefficient (Wildman–Crippen LogP) is 5.78. The summed E-state index contributed by atoms with van der Waals surface area (Å²) in [4.78, 5) is 39.3. The zero-order valence-electron chi connectivity index (χ0n) is 19.7. The lowest BCUT2D eigenvalue weighted by Crippen LogP contribution is -2.44. The molecule has 2 rings (SSSR count). The molecule has 172 valence electrons. The summed E-state index contributed by atoms with van der Waals surface area (Å²) in [6.07, 6.45) is 3.60. The summed E-state index contributed by atoms with van der Waals surface area (Å²) in [6.45, 7) is 13.7. The molecule has 2 heterocycles. The van der Waals surface area contributed by atoms with Crippen LogP contribution in [-0.4, -0.2) is 38.3 Å². The molecule has 8 nitrogen and oxygen atoms in total. The fourth-order valence-electron chi connectivity index (χ4n) is 2.49. The lowest BCUT2D eigenvalue weighted by molar-refractivity contribution is 0.0428. The van der Waals surface area contributed by atoms with E-state index in [1.807, 2.05) is 13.8 Å². The van der Waals surface area contributed by atoms with Crippen LogP contribution in [0.15, 0.2) is 30.2 Å². The third-order valence-corrected chi connectivity index (χ3v) is 3.57. The zero-order valence-corrected chi connectivity index (χ0v) is 19.7. The second kappa shape index (κ2) is 9.42. The molecule has 0 spiro atoms. The largest absolute Gasteiger partial charge is 0.443 e. The molecular formula is C23H29FN4O4. The Hall–Kier alpha value is -3.36. The van der Waals surface area contributed by atoms with Crippen LogP contribution in [-0.2, 0) is 9.47 Å². The number of anilines is 1. The van der Waals surface area contributed by atoms with Crippen LogP contribution in [0.5, 0.6) is 0 Å². The monoisotopic (exact) mass is 444 g/mol. The standard InChI is InChI=1S/C23H29FN4O4/c1-14(2)9-17-19(26-13-18(27-17)15-10-16(24)12-25-11-15)28(20(29)31-22(3,4)5)21(30)32-23(6,7)8/h9-13H,1-8H3. The predicted molar refractivity (Wildman–Crippen MR) is 119 cm³/mol. The van der Waals surface area contributed by atoms with Gasteiger partial charge >= 0.3 is 12.2 Å². The van der Waals surface area contributed by atoms with Crippen molar-refractivity contribution < 1.29 is 23.5 Å². The van der Waals surface area contributed by atoms with Crippen molar-refractivity contribution in [2.24, 2.45) is 0 Å². The number of ether oxygens (including phenoxy) is 2. The summed E-state index contributed by atoms with van der Waals surface area (Å²) in [6, 6.07) is 1.27. The molecule has 0 radical (unpaired) electrons. The second-order valence-corrected chi connectivity index (χ2v) is 9.37. The highest BCUT2D eigenvalue weighted by molar-refractivity contribution is 6.09. The van der Waals surface area contributed by atoms with Crippen molar-refractivity contribution in [3.05, 3.63) is 41.7 Å². The molecule has 2 aromatic heterocycles. The van der Waals surface area contributed by atoms with Gasteiger partial charge in [0.2, 0.25) is 0 Å². The number of halogens is 1. The van der Waals surface area contributed by atoms with E-state index in [-0.39, 0.29) is 11.5 Å². The van der Waals surface area contributed by atoms with Crippen LogP contribution in [0.1, 0.15) is 61.1 Å². The Bertz CT molecular complexity index is 1010. The molecule has 0 aliphatic heterocycles. The molecule has 0 aliphatic carbocycles. The van der Waals surface area contributed by atoms with Crippen LogP contribution in [0.4, 0.5) is 19.8 Å². The van der Waals surface area contributed by atoms with Crippen molar-refractivity contribution in [2.45, 2.75) is 66.6 Å². The number of imide groups is 1. The first-order valence-corrected chi connectivity index (χ1v) is 10.1. The van der Waals surface area contributed by atoms with E-state index in [0.29, 0.717) is 16.2 Å². The number of carbonyl (C=O) groups excluding carboxylic acids is 2. The van der Waals surface area contributed by atoms with Crippen molar-refractivity contribution in [1.29, 1.82) is 0 Å². The number of nitrogens with zero attached hydrogens (tertiary/aromatic N) is 4. The first-order chi connectivity index (χ1) is 14.7. The minimum Gasteiger partial charge on any atom is -0.443 e. The third kappa shape index (κ3) is 7.11. The molecule has 0 fully saturated rings. The number of carbonyl (C=O) groups is 2. The molecule has 0 saturated carbocycles. The SMILES string of the molecule is CC(C)=Cc1nc(-c2cncc(F)c2)cnc1N(C(=O)OC(C)(C)C)C(=O)OC(C)(C)C. The van der Waals surface area contributed by atoms with E-state index in [1.165, 1.54) is 18.5 Å². The molecule has 0 N–H and O–H groups in total. The number of allylic oxidation sites excluding steroid dienone is 1. The van der Waals surface area contributed by atoms with Gasteiger partial charge in [0.1, 0.15) is 22.7 Å². The average molecular weight is 445 g/mol. The van der Waals surface area contributed by atoms with E-state index in [0.717, 1.165) is 11.8 Å². The third-order valence-electron chi connectivity index (χ3n) is 3.57. The summed E-state index contributed by atoms with van der Waals surface area (Å²) >= 11 is 0. The topological polar surface area (TPSA) is 94.5 Å². The van der Waals surface area contributed by atoms with Gasteiger partial charge in [0.25, 0.3) is 0 Å². The van der Waals surface area contributed by atoms with Crippen LogP contribution in [0, 0.1) is 5.82 Å². The van der Waals surface area contributed by atoms with Crippen molar-refractivity contribution >= 4 is 24.1 Å². The summed E-state index contributed by atoms with van der Waals surface area (Å²) < 4.78 is 24.5. The Morgan fingerprint density at radius 2 is 1.53 bits per heavy atom. The van der Waals surface area contributed by atoms with Gasteiger partial charge in [0.15, 0.2) is 5.82 Å². The summed E-state index contributed by atoms with van der Waals surface area (Å²) in [7, 11) is 0. The molecule has 0 atom stereocenters. The van der Waals surface area contributed by atoms with Crippen LogP contribution in [0.25, 0.3) is 17.3 Å². The van der Waals surface area contributed by atoms with Gasteiger partial charge in [0, 0.05) is 11.8 Å². The number of rotatable bonds is 3. The fraction of sp³-hybridized carbons (Fsp3) is 0.435. The van der Waals surface area contributed by atoms with Crippen LogP contribution in [0.3, 0.4) is 0 Å². The fourth-order valence-corrected chi connectivity index (χ4v) is 2.49. The molecule has 0 unspecified atom stereocenters. The molecule has 2 amide bonds. The first-order valence-electron chi connectivity index (χ1n) is 10.1. The number of pyridine rings is 1. The second-order valence-electron chi connectivity index (χ2n) is 9.37. The van der Waals surface area contributed by atoms with Gasteiger partial charge in [-0.25, -0.2) is 23.9 Å². The van der Waals surface area contributed by atoms with Gasteiger partial charge in [-0.1, -0.05) is 5.57 Å². The van der Waals surface area contributed by atoms with Crippen molar-refractivity contribution in [1.82, 2.24) is 15.0 Å². The van der Waals surface area contributed by atoms with E-state index in [9.17, 15) is 14.0 Å². The molecule has 0 aliphatic rings. The number of hydrogen-bond donors (Lipinski definition) is 0. The molecule has 0 bridgehead atoms. The highest BCUT2D eigenvalue weighted by Gasteiger charge is 2.35. The zero-order chi connectivity index (χ0) is 24.3. The van der Waals surface area contributed by atoms with E-state index >= 15 is 0 Å². The maximum atomic E-state index is 13.6. The van der Waals surface area contributed by atoms with Crippen LogP contribution in [0.2, 0.25) is 0 Å². The summed E-state index contributed by atoms with van der Waals surface area (Å²) in [5.74, 6) is -0.593. The Balaban J connectivity index is 2.66. The minimum absolute atomic E-state index is 0.0668. The lowest BCUT2D eigenvalue weighted by Gasteiger charge is -2.28. The first kappa shape index (κ1) is 24.9. The van der Waals surface area contributed by atoms with Gasteiger partial charge in [-0.2, -0.15) is 4.90 Å². The van der Waals surface area contributed by atoms with Gasteiger partial charge < -0.3 is 9.47 Å². The Labute approximate surface area is 187 Å². The molecule has 9 heteroatoms. The number of aromatic nitrogens is 3. The quantitative estimate of drug-likeness (QED) is 0.592. The highest BCUT2D eigenvalue weighted by atomic mass is 19.1. The number of hydrogen-bond acceptors (Lipinski definition) is 7. The normalized spacial score (nSPS) is 11.5. The smallest absolute Gasteiger partial charge is 0.425 e. The molecule has 32 heavy (non-hydrogen) atoms. The Kier molecular flexibility index (Phi) is 7.33. The minimum atomic E-state index is -0.954. The van der Waals surface area contributed by atoms with E-state index in [1.54, 1.807) is 47.6 Å².